The zero-order valence-corrected chi connectivity index (χ0v) is 13.6. The maximum Gasteiger partial charge on any atom is 0.0752 e. The third kappa shape index (κ3) is 1.94. The molecular weight excluding hydrogens is 268 g/mol. The predicted octanol–water partition coefficient (Wildman–Crippen LogP) is 4.23. The van der Waals surface area contributed by atoms with E-state index < -0.39 is 0 Å². The van der Waals surface area contributed by atoms with E-state index in [9.17, 15) is 0 Å². The van der Waals surface area contributed by atoms with Gasteiger partial charge in [-0.3, -0.25) is 0 Å². The van der Waals surface area contributed by atoms with Gasteiger partial charge in [-0.05, 0) is 49.9 Å². The molecule has 0 unspecified atom stereocenters. The third-order valence-corrected chi connectivity index (χ3v) is 4.71. The standard InChI is InChI=1S/C20H20N2/c1-11-5-13(3)19-15(7-11)9-17(19)21-22-18-10-16-8-12(2)6-14(4)20(16)18/h5-8H,9-10H2,1-4H3/b21-17-,22-18-. The zero-order chi connectivity index (χ0) is 15.4. The summed E-state index contributed by atoms with van der Waals surface area (Å²) in [6, 6.07) is 8.98. The van der Waals surface area contributed by atoms with Crippen molar-refractivity contribution in [1.29, 1.82) is 0 Å². The minimum Gasteiger partial charge on any atom is -0.154 e. The molecule has 2 aromatic rings. The van der Waals surface area contributed by atoms with E-state index in [0.717, 1.165) is 24.3 Å². The van der Waals surface area contributed by atoms with Crippen LogP contribution in [-0.4, -0.2) is 11.4 Å². The van der Waals surface area contributed by atoms with E-state index in [0.29, 0.717) is 0 Å². The molecule has 2 aliphatic rings. The van der Waals surface area contributed by atoms with Crippen LogP contribution in [0.2, 0.25) is 0 Å². The molecule has 0 bridgehead atoms. The Hall–Kier alpha value is -2.22. The van der Waals surface area contributed by atoms with Crippen LogP contribution in [0.5, 0.6) is 0 Å². The van der Waals surface area contributed by atoms with Crippen LogP contribution >= 0.6 is 0 Å². The summed E-state index contributed by atoms with van der Waals surface area (Å²) in [5.41, 5.74) is 13.0. The molecule has 2 aliphatic carbocycles. The number of hydrogen-bond acceptors (Lipinski definition) is 2. The smallest absolute Gasteiger partial charge is 0.0752 e. The molecule has 0 heterocycles. The molecule has 2 heteroatoms. The Bertz CT molecular complexity index is 762. The second-order valence-corrected chi connectivity index (χ2v) is 6.68. The Kier molecular flexibility index (Phi) is 2.83. The number of hydrogen-bond donors (Lipinski definition) is 0. The van der Waals surface area contributed by atoms with Gasteiger partial charge >= 0.3 is 0 Å². The maximum absolute atomic E-state index is 4.55. The number of nitrogens with zero attached hydrogens (tertiary/aromatic N) is 2. The molecule has 0 aliphatic heterocycles. The van der Waals surface area contributed by atoms with E-state index in [1.807, 2.05) is 0 Å². The SMILES string of the molecule is Cc1cc(C)c2c(c1)C/C2=N/N=C1/Cc2cc(C)cc(C)c21. The number of fused-ring (bicyclic) bond motifs is 2. The quantitative estimate of drug-likeness (QED) is 0.702. The first-order valence-corrected chi connectivity index (χ1v) is 7.87. The fraction of sp³-hybridized carbons (Fsp3) is 0.300. The summed E-state index contributed by atoms with van der Waals surface area (Å²) in [5, 5.41) is 9.10. The summed E-state index contributed by atoms with van der Waals surface area (Å²) in [7, 11) is 0. The van der Waals surface area contributed by atoms with Crippen LogP contribution in [0.4, 0.5) is 0 Å². The molecule has 0 aromatic heterocycles. The van der Waals surface area contributed by atoms with Crippen molar-refractivity contribution in [2.75, 3.05) is 0 Å². The first kappa shape index (κ1) is 13.4. The first-order valence-electron chi connectivity index (χ1n) is 7.87. The van der Waals surface area contributed by atoms with Gasteiger partial charge in [0.25, 0.3) is 0 Å². The summed E-state index contributed by atoms with van der Waals surface area (Å²) in [6.07, 6.45) is 1.91. The Morgan fingerprint density at radius 1 is 0.636 bits per heavy atom. The first-order chi connectivity index (χ1) is 10.5. The van der Waals surface area contributed by atoms with E-state index >= 15 is 0 Å². The minimum atomic E-state index is 0.953. The van der Waals surface area contributed by atoms with E-state index in [1.165, 1.54) is 44.5 Å². The van der Waals surface area contributed by atoms with Gasteiger partial charge in [-0.2, -0.15) is 10.2 Å². The number of aryl methyl sites for hydroxylation is 4. The third-order valence-electron chi connectivity index (χ3n) is 4.71. The van der Waals surface area contributed by atoms with E-state index in [1.54, 1.807) is 0 Å². The Morgan fingerprint density at radius 2 is 1.05 bits per heavy atom. The normalized spacial score (nSPS) is 18.7. The van der Waals surface area contributed by atoms with Crippen LogP contribution in [0.1, 0.15) is 44.5 Å². The van der Waals surface area contributed by atoms with Crippen molar-refractivity contribution in [3.8, 4) is 0 Å². The van der Waals surface area contributed by atoms with Crippen LogP contribution in [-0.2, 0) is 12.8 Å². The zero-order valence-electron chi connectivity index (χ0n) is 13.6. The van der Waals surface area contributed by atoms with E-state index in [-0.39, 0.29) is 0 Å². The number of benzene rings is 2. The highest BCUT2D eigenvalue weighted by Crippen LogP contribution is 2.31. The molecule has 2 aromatic carbocycles. The van der Waals surface area contributed by atoms with Crippen LogP contribution in [0.25, 0.3) is 0 Å². The van der Waals surface area contributed by atoms with Crippen LogP contribution < -0.4 is 0 Å². The van der Waals surface area contributed by atoms with Gasteiger partial charge in [-0.25, -0.2) is 0 Å². The Labute approximate surface area is 131 Å². The second-order valence-electron chi connectivity index (χ2n) is 6.68. The summed E-state index contributed by atoms with van der Waals surface area (Å²) in [4.78, 5) is 0. The average molecular weight is 288 g/mol. The molecule has 4 rings (SSSR count). The van der Waals surface area contributed by atoms with Gasteiger partial charge in [0.2, 0.25) is 0 Å². The molecule has 2 nitrogen and oxygen atoms in total. The highest BCUT2D eigenvalue weighted by Gasteiger charge is 2.26. The monoisotopic (exact) mass is 288 g/mol. The lowest BCUT2D eigenvalue weighted by Crippen LogP contribution is -2.24. The molecule has 0 N–H and O–H groups in total. The van der Waals surface area contributed by atoms with Crippen LogP contribution in [0.15, 0.2) is 34.5 Å². The van der Waals surface area contributed by atoms with Gasteiger partial charge in [0.05, 0.1) is 11.4 Å². The van der Waals surface area contributed by atoms with Crippen molar-refractivity contribution in [3.05, 3.63) is 68.8 Å². The maximum atomic E-state index is 4.55. The Balaban J connectivity index is 1.66. The highest BCUT2D eigenvalue weighted by molar-refractivity contribution is 6.14. The van der Waals surface area contributed by atoms with Crippen LogP contribution in [0, 0.1) is 27.7 Å². The Morgan fingerprint density at radius 3 is 1.41 bits per heavy atom. The summed E-state index contributed by atoms with van der Waals surface area (Å²) >= 11 is 0. The molecule has 22 heavy (non-hydrogen) atoms. The minimum absolute atomic E-state index is 0.953. The molecule has 110 valence electrons. The van der Waals surface area contributed by atoms with Crippen molar-refractivity contribution in [2.24, 2.45) is 10.2 Å². The summed E-state index contributed by atoms with van der Waals surface area (Å²) in [5.74, 6) is 0. The highest BCUT2D eigenvalue weighted by atomic mass is 15.2. The molecule has 0 saturated heterocycles. The fourth-order valence-electron chi connectivity index (χ4n) is 3.83. The van der Waals surface area contributed by atoms with Gasteiger partial charge in [-0.15, -0.1) is 0 Å². The number of rotatable bonds is 1. The lowest BCUT2D eigenvalue weighted by Gasteiger charge is -2.25. The molecule has 0 amide bonds. The second kappa shape index (κ2) is 4.64. The van der Waals surface area contributed by atoms with Crippen molar-refractivity contribution in [3.63, 3.8) is 0 Å². The topological polar surface area (TPSA) is 24.7 Å². The van der Waals surface area contributed by atoms with Gasteiger partial charge < -0.3 is 0 Å². The molecule has 0 radical (unpaired) electrons. The van der Waals surface area contributed by atoms with Crippen molar-refractivity contribution < 1.29 is 0 Å². The van der Waals surface area contributed by atoms with Gasteiger partial charge in [0.1, 0.15) is 0 Å². The lowest BCUT2D eigenvalue weighted by atomic mass is 9.81. The summed E-state index contributed by atoms with van der Waals surface area (Å²) in [6.45, 7) is 8.63. The van der Waals surface area contributed by atoms with E-state index in [4.69, 9.17) is 0 Å². The van der Waals surface area contributed by atoms with Crippen molar-refractivity contribution >= 4 is 11.4 Å². The lowest BCUT2D eigenvalue weighted by molar-refractivity contribution is 1.07. The van der Waals surface area contributed by atoms with Crippen molar-refractivity contribution in [2.45, 2.75) is 40.5 Å². The molecule has 0 fully saturated rings. The predicted molar refractivity (Wildman–Crippen MR) is 92.3 cm³/mol. The van der Waals surface area contributed by atoms with Gasteiger partial charge in [0, 0.05) is 24.0 Å². The van der Waals surface area contributed by atoms with Gasteiger partial charge in [0.15, 0.2) is 0 Å². The van der Waals surface area contributed by atoms with Crippen LogP contribution in [0.3, 0.4) is 0 Å². The molecule has 0 saturated carbocycles. The summed E-state index contributed by atoms with van der Waals surface area (Å²) < 4.78 is 0. The molecule has 0 atom stereocenters. The average Bonchev–Trinajstić information content (AvgIpc) is 2.35. The molecule has 0 spiro atoms. The largest absolute Gasteiger partial charge is 0.154 e. The molecular formula is C20H20N2. The van der Waals surface area contributed by atoms with E-state index in [2.05, 4.69) is 62.2 Å². The fourth-order valence-corrected chi connectivity index (χ4v) is 3.83. The van der Waals surface area contributed by atoms with Crippen molar-refractivity contribution in [1.82, 2.24) is 0 Å². The van der Waals surface area contributed by atoms with Gasteiger partial charge in [-0.1, -0.05) is 35.4 Å².